The van der Waals surface area contributed by atoms with Crippen LogP contribution in [0.5, 0.6) is 0 Å². The van der Waals surface area contributed by atoms with E-state index in [-0.39, 0.29) is 32.7 Å². The van der Waals surface area contributed by atoms with Crippen molar-refractivity contribution in [3.63, 3.8) is 0 Å². The third-order valence-electron chi connectivity index (χ3n) is 7.93. The average molecular weight is 718 g/mol. The Bertz CT molecular complexity index is 1530. The van der Waals surface area contributed by atoms with Gasteiger partial charge in [-0.05, 0) is 0 Å². The van der Waals surface area contributed by atoms with Gasteiger partial charge in [0.05, 0.1) is 0 Å². The van der Waals surface area contributed by atoms with Gasteiger partial charge in [0.25, 0.3) is 0 Å². The molecular formula is C34H29Cl2HfP. The molecule has 0 N–H and O–H groups in total. The Morgan fingerprint density at radius 3 is 2.24 bits per heavy atom. The minimum Gasteiger partial charge on any atom is -1.00 e. The van der Waals surface area contributed by atoms with Gasteiger partial charge in [0.2, 0.25) is 0 Å². The molecule has 3 unspecified atom stereocenters. The van der Waals surface area contributed by atoms with Crippen LogP contribution in [-0.4, -0.2) is 6.16 Å². The maximum absolute atomic E-state index is 2.66. The Hall–Kier alpha value is -1.76. The summed E-state index contributed by atoms with van der Waals surface area (Å²) in [6.07, 6.45) is 11.6. The summed E-state index contributed by atoms with van der Waals surface area (Å²) >= 11 is -1.14. The van der Waals surface area contributed by atoms with E-state index < -0.39 is 22.9 Å². The van der Waals surface area contributed by atoms with Crippen molar-refractivity contribution in [1.29, 1.82) is 0 Å². The zero-order valence-corrected chi connectivity index (χ0v) is 27.4. The molecule has 0 saturated heterocycles. The van der Waals surface area contributed by atoms with E-state index in [1.807, 2.05) is 0 Å². The fourth-order valence-corrected chi connectivity index (χ4v) is 17.4. The molecule has 0 aromatic heterocycles. The molecule has 0 saturated carbocycles. The van der Waals surface area contributed by atoms with Crippen LogP contribution in [0, 0.1) is 0 Å². The van der Waals surface area contributed by atoms with Crippen molar-refractivity contribution in [2.45, 2.75) is 27.1 Å². The Morgan fingerprint density at radius 1 is 0.711 bits per heavy atom. The van der Waals surface area contributed by atoms with Gasteiger partial charge in [0, 0.05) is 0 Å². The zero-order valence-electron chi connectivity index (χ0n) is 21.4. The van der Waals surface area contributed by atoms with Gasteiger partial charge in [0.15, 0.2) is 0 Å². The summed E-state index contributed by atoms with van der Waals surface area (Å²) in [6, 6.07) is 34.4. The minimum atomic E-state index is -1.14. The van der Waals surface area contributed by atoms with E-state index in [0.717, 1.165) is 0 Å². The molecule has 0 radical (unpaired) electrons. The molecule has 0 nitrogen and oxygen atoms in total. The number of rotatable bonds is 6. The molecule has 4 aromatic carbocycles. The molecule has 0 fully saturated rings. The Balaban J connectivity index is 0.00000147. The first-order valence-electron chi connectivity index (χ1n) is 13.2. The minimum absolute atomic E-state index is 0. The summed E-state index contributed by atoms with van der Waals surface area (Å²) in [4.78, 5) is 0. The SMILES string of the molecule is CCCCP1C2=Cc3c(cccc3[CH]2[Hf+2][CH]2C=Cc3c(-c4ccccc4)cccc32)-c2ccccc21.[Cl-].[Cl-]. The second-order valence-electron chi connectivity index (χ2n) is 10.0. The number of hydrogen-bond donors (Lipinski definition) is 0. The van der Waals surface area contributed by atoms with Gasteiger partial charge in [0.1, 0.15) is 0 Å². The fourth-order valence-electron chi connectivity index (χ4n) is 6.20. The number of allylic oxidation sites excluding steroid dienone is 2. The van der Waals surface area contributed by atoms with Crippen LogP contribution in [0.1, 0.15) is 49.4 Å². The van der Waals surface area contributed by atoms with Crippen molar-refractivity contribution in [2.24, 2.45) is 0 Å². The summed E-state index contributed by atoms with van der Waals surface area (Å²) in [5, 5.41) is 3.43. The van der Waals surface area contributed by atoms with Crippen LogP contribution in [0.4, 0.5) is 0 Å². The van der Waals surface area contributed by atoms with Crippen molar-refractivity contribution < 1.29 is 47.7 Å². The van der Waals surface area contributed by atoms with Gasteiger partial charge in [-0.25, -0.2) is 0 Å². The van der Waals surface area contributed by atoms with E-state index in [1.165, 1.54) is 46.8 Å². The maximum Gasteiger partial charge on any atom is -1.00 e. The van der Waals surface area contributed by atoms with E-state index in [9.17, 15) is 0 Å². The Labute approximate surface area is 251 Å². The van der Waals surface area contributed by atoms with Crippen LogP contribution in [0.15, 0.2) is 102 Å². The third-order valence-corrected chi connectivity index (χ3v) is 18.1. The second kappa shape index (κ2) is 11.8. The summed E-state index contributed by atoms with van der Waals surface area (Å²) < 4.78 is 1.36. The molecule has 2 aliphatic carbocycles. The standard InChI is InChI=1S/C19H18P.C15H11.2ClH.Hf/c1-2-3-11-20-15-12-14-7-6-9-16(18(14)13-15)17-8-4-5-10-19(17)20;1-2-6-12(7-3-1)14-10-4-8-13-9-5-11-15(13)14;;;/h4-10,12-13H,2-3,11H2,1H3;1-11H;2*1H;/q;;;;+2/p-2. The van der Waals surface area contributed by atoms with E-state index in [2.05, 4.69) is 116 Å². The van der Waals surface area contributed by atoms with Crippen LogP contribution in [-0.2, 0) is 22.9 Å². The molecule has 7 rings (SSSR count). The molecule has 4 heteroatoms. The van der Waals surface area contributed by atoms with Crippen LogP contribution < -0.4 is 30.1 Å². The molecule has 1 aliphatic heterocycles. The molecule has 0 spiro atoms. The Kier molecular flexibility index (Phi) is 8.61. The normalized spacial score (nSPS) is 19.3. The van der Waals surface area contributed by atoms with Crippen LogP contribution in [0.3, 0.4) is 0 Å². The van der Waals surface area contributed by atoms with Crippen molar-refractivity contribution in [1.82, 2.24) is 0 Å². The van der Waals surface area contributed by atoms with Gasteiger partial charge in [-0.1, -0.05) is 0 Å². The van der Waals surface area contributed by atoms with E-state index in [0.29, 0.717) is 7.35 Å². The van der Waals surface area contributed by atoms with E-state index in [1.54, 1.807) is 27.3 Å². The predicted molar refractivity (Wildman–Crippen MR) is 153 cm³/mol. The first kappa shape index (κ1) is 27.8. The summed E-state index contributed by atoms with van der Waals surface area (Å²) in [7, 11) is -0.267. The first-order chi connectivity index (χ1) is 17.8. The topological polar surface area (TPSA) is 0 Å². The number of hydrogen-bond acceptors (Lipinski definition) is 0. The van der Waals surface area contributed by atoms with Crippen LogP contribution in [0.25, 0.3) is 34.4 Å². The average Bonchev–Trinajstić information content (AvgIpc) is 3.47. The second-order valence-corrected chi connectivity index (χ2v) is 17.8. The number of halogens is 2. The molecule has 3 aliphatic rings. The van der Waals surface area contributed by atoms with E-state index in [4.69, 9.17) is 0 Å². The summed E-state index contributed by atoms with van der Waals surface area (Å²) in [5.41, 5.74) is 11.9. The molecule has 1 heterocycles. The van der Waals surface area contributed by atoms with Crippen molar-refractivity contribution in [3.8, 4) is 22.3 Å². The van der Waals surface area contributed by atoms with Crippen LogP contribution in [0.2, 0.25) is 0 Å². The quantitative estimate of drug-likeness (QED) is 0.213. The molecule has 38 heavy (non-hydrogen) atoms. The van der Waals surface area contributed by atoms with Gasteiger partial charge >= 0.3 is 228 Å². The molecule has 4 aromatic rings. The monoisotopic (exact) mass is 718 g/mol. The number of fused-ring (bicyclic) bond motifs is 3. The van der Waals surface area contributed by atoms with Crippen LogP contribution >= 0.6 is 7.92 Å². The van der Waals surface area contributed by atoms with Gasteiger partial charge < -0.3 is 24.8 Å². The van der Waals surface area contributed by atoms with Crippen molar-refractivity contribution in [2.75, 3.05) is 6.16 Å². The zero-order chi connectivity index (χ0) is 24.1. The molecule has 3 atom stereocenters. The number of benzene rings is 4. The molecule has 2 bridgehead atoms. The third kappa shape index (κ3) is 4.65. The number of unbranched alkanes of at least 4 members (excludes halogenated alkanes) is 1. The molecular weight excluding hydrogens is 689 g/mol. The summed E-state index contributed by atoms with van der Waals surface area (Å²) in [6.45, 7) is 2.34. The van der Waals surface area contributed by atoms with Gasteiger partial charge in [-0.2, -0.15) is 0 Å². The predicted octanol–water partition coefficient (Wildman–Crippen LogP) is 3.20. The fraction of sp³-hybridized carbons (Fsp3) is 0.176. The van der Waals surface area contributed by atoms with Gasteiger partial charge in [-0.15, -0.1) is 0 Å². The first-order valence-corrected chi connectivity index (χ1v) is 18.8. The maximum atomic E-state index is 2.66. The van der Waals surface area contributed by atoms with Gasteiger partial charge in [-0.3, -0.25) is 0 Å². The van der Waals surface area contributed by atoms with E-state index >= 15 is 0 Å². The smallest absolute Gasteiger partial charge is 1.00 e. The van der Waals surface area contributed by atoms with Crippen molar-refractivity contribution >= 4 is 25.4 Å². The Morgan fingerprint density at radius 2 is 1.42 bits per heavy atom. The van der Waals surface area contributed by atoms with Crippen molar-refractivity contribution in [3.05, 3.63) is 125 Å². The summed E-state index contributed by atoms with van der Waals surface area (Å²) in [5.74, 6) is 0. The largest absolute Gasteiger partial charge is 1.00 e. The molecule has 0 amide bonds. The molecule has 188 valence electrons.